The summed E-state index contributed by atoms with van der Waals surface area (Å²) < 4.78 is 4.69. The molecule has 17 heavy (non-hydrogen) atoms. The van der Waals surface area contributed by atoms with Crippen LogP contribution in [0, 0.1) is 6.92 Å². The van der Waals surface area contributed by atoms with Gasteiger partial charge >= 0.3 is 5.97 Å². The molecule has 0 aliphatic heterocycles. The van der Waals surface area contributed by atoms with Crippen molar-refractivity contribution in [3.63, 3.8) is 0 Å². The Labute approximate surface area is 108 Å². The van der Waals surface area contributed by atoms with E-state index in [1.54, 1.807) is 12.1 Å². The summed E-state index contributed by atoms with van der Waals surface area (Å²) in [6.07, 6.45) is 0. The Morgan fingerprint density at radius 2 is 2.24 bits per heavy atom. The zero-order valence-electron chi connectivity index (χ0n) is 9.36. The second-order valence-corrected chi connectivity index (χ2v) is 4.90. The molecule has 0 amide bonds. The maximum absolute atomic E-state index is 11.4. The second-order valence-electron chi connectivity index (χ2n) is 3.46. The first-order chi connectivity index (χ1) is 8.11. The molecule has 2 rings (SSSR count). The number of rotatable bonds is 2. The van der Waals surface area contributed by atoms with Crippen LogP contribution < -0.4 is 0 Å². The third kappa shape index (κ3) is 2.48. The second kappa shape index (κ2) is 4.85. The smallest absolute Gasteiger partial charge is 0.348 e. The van der Waals surface area contributed by atoms with Gasteiger partial charge in [0.25, 0.3) is 0 Å². The standard InChI is InChI=1S/C12H10ClNO2S/c1-7-6-9(12(15)16-2)17-11(7)8-4-3-5-10(13)14-8/h3-6H,1-2H3. The molecule has 3 nitrogen and oxygen atoms in total. The maximum Gasteiger partial charge on any atom is 0.348 e. The Balaban J connectivity index is 2.46. The molecule has 0 fully saturated rings. The van der Waals surface area contributed by atoms with Gasteiger partial charge in [-0.25, -0.2) is 9.78 Å². The minimum absolute atomic E-state index is 0.327. The summed E-state index contributed by atoms with van der Waals surface area (Å²) in [5.41, 5.74) is 1.76. The number of methoxy groups -OCH3 is 1. The van der Waals surface area contributed by atoms with E-state index < -0.39 is 0 Å². The molecule has 0 aliphatic rings. The van der Waals surface area contributed by atoms with Gasteiger partial charge in [0.1, 0.15) is 10.0 Å². The first kappa shape index (κ1) is 12.1. The number of pyridine rings is 1. The van der Waals surface area contributed by atoms with E-state index in [4.69, 9.17) is 11.6 Å². The summed E-state index contributed by atoms with van der Waals surface area (Å²) in [7, 11) is 1.37. The molecule has 0 aromatic carbocycles. The van der Waals surface area contributed by atoms with Crippen molar-refractivity contribution in [1.82, 2.24) is 4.98 Å². The molecule has 88 valence electrons. The van der Waals surface area contributed by atoms with Crippen LogP contribution >= 0.6 is 22.9 Å². The molecule has 0 atom stereocenters. The quantitative estimate of drug-likeness (QED) is 0.617. The molecule has 0 unspecified atom stereocenters. The van der Waals surface area contributed by atoms with Crippen LogP contribution in [0.3, 0.4) is 0 Å². The van der Waals surface area contributed by atoms with E-state index in [1.807, 2.05) is 19.1 Å². The Morgan fingerprint density at radius 3 is 2.88 bits per heavy atom. The van der Waals surface area contributed by atoms with Gasteiger partial charge in [-0.15, -0.1) is 11.3 Å². The number of nitrogens with zero attached hydrogens (tertiary/aromatic N) is 1. The molecule has 0 spiro atoms. The predicted molar refractivity (Wildman–Crippen MR) is 68.6 cm³/mol. The molecule has 0 aliphatic carbocycles. The maximum atomic E-state index is 11.4. The number of carbonyl (C=O) groups is 1. The van der Waals surface area contributed by atoms with Gasteiger partial charge in [0.05, 0.1) is 17.7 Å². The van der Waals surface area contributed by atoms with Crippen LogP contribution in [0.5, 0.6) is 0 Å². The summed E-state index contributed by atoms with van der Waals surface area (Å²) in [6.45, 7) is 1.93. The van der Waals surface area contributed by atoms with Crippen LogP contribution in [0.15, 0.2) is 24.3 Å². The first-order valence-electron chi connectivity index (χ1n) is 4.93. The average Bonchev–Trinajstić information content (AvgIpc) is 2.70. The lowest BCUT2D eigenvalue weighted by Gasteiger charge is -1.98. The highest BCUT2D eigenvalue weighted by Gasteiger charge is 2.14. The normalized spacial score (nSPS) is 10.3. The molecule has 5 heteroatoms. The van der Waals surface area contributed by atoms with E-state index in [2.05, 4.69) is 9.72 Å². The zero-order chi connectivity index (χ0) is 12.4. The van der Waals surface area contributed by atoms with Gasteiger partial charge in [0.2, 0.25) is 0 Å². The summed E-state index contributed by atoms with van der Waals surface area (Å²) >= 11 is 7.20. The third-order valence-corrected chi connectivity index (χ3v) is 3.70. The van der Waals surface area contributed by atoms with Crippen LogP contribution in [0.4, 0.5) is 0 Å². The number of hydrogen-bond acceptors (Lipinski definition) is 4. The van der Waals surface area contributed by atoms with Crippen molar-refractivity contribution in [2.24, 2.45) is 0 Å². The van der Waals surface area contributed by atoms with Crippen molar-refractivity contribution in [2.45, 2.75) is 6.92 Å². The lowest BCUT2D eigenvalue weighted by atomic mass is 10.2. The SMILES string of the molecule is COC(=O)c1cc(C)c(-c2cccc(Cl)n2)s1. The molecule has 0 bridgehead atoms. The van der Waals surface area contributed by atoms with Gasteiger partial charge < -0.3 is 4.74 Å². The molecule has 0 radical (unpaired) electrons. The lowest BCUT2D eigenvalue weighted by Crippen LogP contribution is -1.96. The van der Waals surface area contributed by atoms with Crippen molar-refractivity contribution < 1.29 is 9.53 Å². The van der Waals surface area contributed by atoms with Crippen molar-refractivity contribution in [3.8, 4) is 10.6 Å². The van der Waals surface area contributed by atoms with Gasteiger partial charge in [-0.1, -0.05) is 17.7 Å². The summed E-state index contributed by atoms with van der Waals surface area (Å²) in [4.78, 5) is 17.2. The van der Waals surface area contributed by atoms with Crippen LogP contribution in [0.25, 0.3) is 10.6 Å². The number of carbonyl (C=O) groups excluding carboxylic acids is 1. The van der Waals surface area contributed by atoms with Gasteiger partial charge in [-0.3, -0.25) is 0 Å². The van der Waals surface area contributed by atoms with E-state index >= 15 is 0 Å². The number of aryl methyl sites for hydroxylation is 1. The third-order valence-electron chi connectivity index (χ3n) is 2.25. The highest BCUT2D eigenvalue weighted by Crippen LogP contribution is 2.32. The summed E-state index contributed by atoms with van der Waals surface area (Å²) in [6, 6.07) is 7.22. The van der Waals surface area contributed by atoms with E-state index in [9.17, 15) is 4.79 Å². The fourth-order valence-electron chi connectivity index (χ4n) is 1.47. The van der Waals surface area contributed by atoms with Crippen molar-refractivity contribution >= 4 is 28.9 Å². The van der Waals surface area contributed by atoms with E-state index in [0.717, 1.165) is 16.1 Å². The molecule has 0 saturated heterocycles. The highest BCUT2D eigenvalue weighted by molar-refractivity contribution is 7.17. The van der Waals surface area contributed by atoms with Crippen LogP contribution in [-0.2, 0) is 4.74 Å². The lowest BCUT2D eigenvalue weighted by molar-refractivity contribution is 0.0606. The minimum atomic E-state index is -0.327. The highest BCUT2D eigenvalue weighted by atomic mass is 35.5. The molecule has 0 N–H and O–H groups in total. The van der Waals surface area contributed by atoms with E-state index in [-0.39, 0.29) is 5.97 Å². The minimum Gasteiger partial charge on any atom is -0.465 e. The van der Waals surface area contributed by atoms with Crippen LogP contribution in [0.1, 0.15) is 15.2 Å². The van der Waals surface area contributed by atoms with Crippen LogP contribution in [0.2, 0.25) is 5.15 Å². The molecule has 2 aromatic heterocycles. The number of halogens is 1. The predicted octanol–water partition coefficient (Wildman–Crippen LogP) is 3.56. The molecular formula is C12H10ClNO2S. The van der Waals surface area contributed by atoms with Crippen LogP contribution in [-0.4, -0.2) is 18.1 Å². The van der Waals surface area contributed by atoms with Crippen molar-refractivity contribution in [3.05, 3.63) is 39.9 Å². The Hall–Kier alpha value is -1.39. The molecule has 2 aromatic rings. The van der Waals surface area contributed by atoms with Crippen molar-refractivity contribution in [1.29, 1.82) is 0 Å². The Morgan fingerprint density at radius 1 is 1.47 bits per heavy atom. The number of ether oxygens (including phenoxy) is 1. The van der Waals surface area contributed by atoms with Gasteiger partial charge in [-0.05, 0) is 30.7 Å². The fourth-order valence-corrected chi connectivity index (χ4v) is 2.70. The van der Waals surface area contributed by atoms with Gasteiger partial charge in [0, 0.05) is 0 Å². The van der Waals surface area contributed by atoms with Gasteiger partial charge in [0.15, 0.2) is 0 Å². The fraction of sp³-hybridized carbons (Fsp3) is 0.167. The molecule has 2 heterocycles. The Kier molecular flexibility index (Phi) is 3.45. The van der Waals surface area contributed by atoms with Gasteiger partial charge in [-0.2, -0.15) is 0 Å². The number of hydrogen-bond donors (Lipinski definition) is 0. The first-order valence-corrected chi connectivity index (χ1v) is 6.13. The number of aromatic nitrogens is 1. The molecule has 0 saturated carbocycles. The number of esters is 1. The zero-order valence-corrected chi connectivity index (χ0v) is 10.9. The summed E-state index contributed by atoms with van der Waals surface area (Å²) in [5, 5.41) is 0.440. The molecular weight excluding hydrogens is 258 g/mol. The monoisotopic (exact) mass is 267 g/mol. The van der Waals surface area contributed by atoms with Crippen molar-refractivity contribution in [2.75, 3.05) is 7.11 Å². The number of thiophene rings is 1. The average molecular weight is 268 g/mol. The largest absolute Gasteiger partial charge is 0.465 e. The topological polar surface area (TPSA) is 39.2 Å². The summed E-state index contributed by atoms with van der Waals surface area (Å²) in [5.74, 6) is -0.327. The van der Waals surface area contributed by atoms with E-state index in [0.29, 0.717) is 10.0 Å². The Bertz CT molecular complexity index is 565. The van der Waals surface area contributed by atoms with E-state index in [1.165, 1.54) is 18.4 Å².